The van der Waals surface area contributed by atoms with Gasteiger partial charge in [0.05, 0.1) is 6.61 Å². The molecule has 1 aliphatic rings. The number of benzene rings is 1. The third-order valence-electron chi connectivity index (χ3n) is 4.83. The van der Waals surface area contributed by atoms with E-state index in [1.165, 1.54) is 11.3 Å². The van der Waals surface area contributed by atoms with Gasteiger partial charge in [0.15, 0.2) is 5.82 Å². The van der Waals surface area contributed by atoms with Crippen molar-refractivity contribution in [3.05, 3.63) is 41.5 Å². The van der Waals surface area contributed by atoms with Gasteiger partial charge in [0.25, 0.3) is 0 Å². The van der Waals surface area contributed by atoms with Crippen molar-refractivity contribution in [1.82, 2.24) is 10.1 Å². The molecule has 1 saturated carbocycles. The Hall–Kier alpha value is -1.88. The van der Waals surface area contributed by atoms with Gasteiger partial charge in [0.1, 0.15) is 0 Å². The van der Waals surface area contributed by atoms with Crippen LogP contribution in [0, 0.1) is 0 Å². The molecule has 1 aliphatic carbocycles. The summed E-state index contributed by atoms with van der Waals surface area (Å²) < 4.78 is 10.6. The Morgan fingerprint density at radius 2 is 2.00 bits per heavy atom. The third-order valence-corrected chi connectivity index (χ3v) is 4.83. The second-order valence-corrected chi connectivity index (χ2v) is 6.50. The smallest absolute Gasteiger partial charge is 0.229 e. The Morgan fingerprint density at radius 1 is 1.21 bits per heavy atom. The highest BCUT2D eigenvalue weighted by molar-refractivity contribution is 5.52. The molecule has 130 valence electrons. The van der Waals surface area contributed by atoms with E-state index >= 15 is 0 Å². The molecule has 1 aromatic heterocycles. The van der Waals surface area contributed by atoms with Crippen LogP contribution in [-0.2, 0) is 17.6 Å². The number of para-hydroxylation sites is 1. The van der Waals surface area contributed by atoms with Gasteiger partial charge in [-0.3, -0.25) is 0 Å². The fraction of sp³-hybridized carbons (Fsp3) is 0.579. The van der Waals surface area contributed by atoms with E-state index in [9.17, 15) is 0 Å². The maximum atomic E-state index is 5.42. The van der Waals surface area contributed by atoms with Crippen LogP contribution in [-0.4, -0.2) is 29.9 Å². The second-order valence-electron chi connectivity index (χ2n) is 6.50. The first-order chi connectivity index (χ1) is 11.8. The van der Waals surface area contributed by atoms with E-state index in [2.05, 4.69) is 46.6 Å². The fourth-order valence-corrected chi connectivity index (χ4v) is 3.37. The lowest BCUT2D eigenvalue weighted by Crippen LogP contribution is -2.26. The summed E-state index contributed by atoms with van der Waals surface area (Å²) in [6.45, 7) is 2.80. The summed E-state index contributed by atoms with van der Waals surface area (Å²) in [5.74, 6) is 2.06. The number of aryl methyl sites for hydroxylation is 1. The molecule has 0 spiro atoms. The van der Waals surface area contributed by atoms with Crippen LogP contribution in [0.2, 0.25) is 0 Å². The van der Waals surface area contributed by atoms with Gasteiger partial charge in [-0.15, -0.1) is 0 Å². The maximum absolute atomic E-state index is 5.42. The van der Waals surface area contributed by atoms with Crippen LogP contribution in [0.1, 0.15) is 55.8 Å². The molecule has 24 heavy (non-hydrogen) atoms. The lowest BCUT2D eigenvalue weighted by Gasteiger charge is -2.28. The van der Waals surface area contributed by atoms with Crippen molar-refractivity contribution < 1.29 is 9.26 Å². The molecule has 0 aliphatic heterocycles. The molecular weight excluding hydrogens is 302 g/mol. The lowest BCUT2D eigenvalue weighted by atomic mass is 9.85. The molecule has 0 amide bonds. The second kappa shape index (κ2) is 8.29. The zero-order valence-electron chi connectivity index (χ0n) is 14.6. The van der Waals surface area contributed by atoms with E-state index in [-0.39, 0.29) is 0 Å². The molecule has 1 aromatic carbocycles. The summed E-state index contributed by atoms with van der Waals surface area (Å²) in [5.41, 5.74) is 2.56. The molecule has 0 atom stereocenters. The van der Waals surface area contributed by atoms with Crippen LogP contribution in [0.4, 0.5) is 5.69 Å². The van der Waals surface area contributed by atoms with Crippen LogP contribution in [0.5, 0.6) is 0 Å². The number of ether oxygens (including phenoxy) is 1. The summed E-state index contributed by atoms with van der Waals surface area (Å²) in [7, 11) is 1.75. The first-order valence-corrected chi connectivity index (χ1v) is 8.96. The summed E-state index contributed by atoms with van der Waals surface area (Å²) in [6.07, 6.45) is 6.24. The molecule has 1 fully saturated rings. The van der Waals surface area contributed by atoms with E-state index in [0.29, 0.717) is 12.0 Å². The number of methoxy groups -OCH3 is 1. The zero-order chi connectivity index (χ0) is 16.8. The van der Waals surface area contributed by atoms with Gasteiger partial charge in [0, 0.05) is 31.2 Å². The summed E-state index contributed by atoms with van der Waals surface area (Å²) in [5, 5.41) is 7.75. The molecule has 1 heterocycles. The highest BCUT2D eigenvalue weighted by Crippen LogP contribution is 2.33. The van der Waals surface area contributed by atoms with E-state index in [1.54, 1.807) is 7.11 Å². The minimum Gasteiger partial charge on any atom is -0.384 e. The van der Waals surface area contributed by atoms with Crippen molar-refractivity contribution in [2.45, 2.75) is 57.4 Å². The molecule has 5 heteroatoms. The molecule has 0 unspecified atom stereocenters. The number of hydrogen-bond donors (Lipinski definition) is 1. The average Bonchev–Trinajstić information content (AvgIpc) is 3.11. The minimum atomic E-state index is 0.416. The normalized spacial score (nSPS) is 20.9. The van der Waals surface area contributed by atoms with Crippen molar-refractivity contribution in [3.8, 4) is 0 Å². The van der Waals surface area contributed by atoms with Gasteiger partial charge in [0.2, 0.25) is 5.89 Å². The van der Waals surface area contributed by atoms with Gasteiger partial charge >= 0.3 is 0 Å². The lowest BCUT2D eigenvalue weighted by molar-refractivity contribution is 0.202. The van der Waals surface area contributed by atoms with Crippen molar-refractivity contribution in [2.24, 2.45) is 0 Å². The van der Waals surface area contributed by atoms with Crippen LogP contribution >= 0.6 is 0 Å². The SMILES string of the molecule is CCc1noc(C2CCC(Nc3ccccc3CCOC)CC2)n1. The molecular formula is C19H27N3O2. The molecule has 0 bridgehead atoms. The standard InChI is InChI=1S/C19H27N3O2/c1-3-18-21-19(24-22-18)15-8-10-16(11-9-15)20-17-7-5-4-6-14(17)12-13-23-2/h4-7,15-16,20H,3,8-13H2,1-2H3. The Morgan fingerprint density at radius 3 is 2.71 bits per heavy atom. The summed E-state index contributed by atoms with van der Waals surface area (Å²) in [6, 6.07) is 9.04. The predicted molar refractivity (Wildman–Crippen MR) is 94.3 cm³/mol. The number of anilines is 1. The summed E-state index contributed by atoms with van der Waals surface area (Å²) >= 11 is 0. The Balaban J connectivity index is 1.55. The number of nitrogens with zero attached hydrogens (tertiary/aromatic N) is 2. The first kappa shape index (κ1) is 17.0. The molecule has 1 N–H and O–H groups in total. The van der Waals surface area contributed by atoms with Gasteiger partial charge in [-0.1, -0.05) is 30.3 Å². The van der Waals surface area contributed by atoms with Crippen molar-refractivity contribution in [3.63, 3.8) is 0 Å². The quantitative estimate of drug-likeness (QED) is 0.833. The predicted octanol–water partition coefficient (Wildman–Crippen LogP) is 3.96. The van der Waals surface area contributed by atoms with E-state index < -0.39 is 0 Å². The van der Waals surface area contributed by atoms with Gasteiger partial charge in [-0.2, -0.15) is 4.98 Å². The monoisotopic (exact) mass is 329 g/mol. The minimum absolute atomic E-state index is 0.416. The first-order valence-electron chi connectivity index (χ1n) is 8.96. The van der Waals surface area contributed by atoms with Crippen LogP contribution in [0.15, 0.2) is 28.8 Å². The van der Waals surface area contributed by atoms with Crippen molar-refractivity contribution in [2.75, 3.05) is 19.0 Å². The zero-order valence-corrected chi connectivity index (χ0v) is 14.6. The fourth-order valence-electron chi connectivity index (χ4n) is 3.37. The molecule has 0 saturated heterocycles. The van der Waals surface area contributed by atoms with Crippen molar-refractivity contribution in [1.29, 1.82) is 0 Å². The number of hydrogen-bond acceptors (Lipinski definition) is 5. The molecule has 2 aromatic rings. The highest BCUT2D eigenvalue weighted by atomic mass is 16.5. The van der Waals surface area contributed by atoms with Gasteiger partial charge in [-0.25, -0.2) is 0 Å². The number of nitrogens with one attached hydrogen (secondary N) is 1. The van der Waals surface area contributed by atoms with Crippen LogP contribution in [0.25, 0.3) is 0 Å². The molecule has 5 nitrogen and oxygen atoms in total. The number of aromatic nitrogens is 2. The third kappa shape index (κ3) is 4.15. The summed E-state index contributed by atoms with van der Waals surface area (Å²) in [4.78, 5) is 4.50. The van der Waals surface area contributed by atoms with E-state index in [1.807, 2.05) is 0 Å². The Labute approximate surface area is 143 Å². The molecule has 0 radical (unpaired) electrons. The van der Waals surface area contributed by atoms with Crippen LogP contribution in [0.3, 0.4) is 0 Å². The topological polar surface area (TPSA) is 60.2 Å². The van der Waals surface area contributed by atoms with E-state index in [4.69, 9.17) is 9.26 Å². The van der Waals surface area contributed by atoms with Crippen molar-refractivity contribution >= 4 is 5.69 Å². The van der Waals surface area contributed by atoms with E-state index in [0.717, 1.165) is 56.8 Å². The largest absolute Gasteiger partial charge is 0.384 e. The Bertz CT molecular complexity index is 633. The Kier molecular flexibility index (Phi) is 5.86. The number of rotatable bonds is 7. The highest BCUT2D eigenvalue weighted by Gasteiger charge is 2.26. The molecule has 3 rings (SSSR count). The van der Waals surface area contributed by atoms with Gasteiger partial charge in [-0.05, 0) is 43.7 Å². The maximum Gasteiger partial charge on any atom is 0.229 e. The van der Waals surface area contributed by atoms with Crippen LogP contribution < -0.4 is 5.32 Å². The average molecular weight is 329 g/mol. The van der Waals surface area contributed by atoms with Gasteiger partial charge < -0.3 is 14.6 Å².